The molecule has 0 spiro atoms. The fourth-order valence-corrected chi connectivity index (χ4v) is 3.19. The number of hydrogen-bond acceptors (Lipinski definition) is 4. The van der Waals surface area contributed by atoms with Gasteiger partial charge in [-0.05, 0) is 41.3 Å². The number of benzene rings is 2. The number of aromatic amines is 1. The van der Waals surface area contributed by atoms with Crippen molar-refractivity contribution in [3.63, 3.8) is 0 Å². The summed E-state index contributed by atoms with van der Waals surface area (Å²) in [6.07, 6.45) is 0. The molecule has 1 N–H and O–H groups in total. The van der Waals surface area contributed by atoms with Gasteiger partial charge in [0, 0.05) is 5.56 Å². The highest BCUT2D eigenvalue weighted by Crippen LogP contribution is 2.22. The minimum atomic E-state index is -0.102. The Hall–Kier alpha value is -2.92. The molecule has 4 rings (SSSR count). The van der Waals surface area contributed by atoms with Crippen LogP contribution < -0.4 is 10.3 Å². The van der Waals surface area contributed by atoms with E-state index in [-0.39, 0.29) is 5.56 Å². The van der Waals surface area contributed by atoms with E-state index in [1.54, 1.807) is 0 Å². The maximum atomic E-state index is 12.1. The summed E-state index contributed by atoms with van der Waals surface area (Å²) in [6, 6.07) is 19.4. The van der Waals surface area contributed by atoms with Gasteiger partial charge in [0.1, 0.15) is 22.9 Å². The molecule has 0 radical (unpaired) electrons. The molecule has 0 amide bonds. The van der Waals surface area contributed by atoms with Gasteiger partial charge in [-0.25, -0.2) is 4.98 Å². The van der Waals surface area contributed by atoms with Crippen molar-refractivity contribution in [2.45, 2.75) is 6.61 Å². The highest BCUT2D eigenvalue weighted by Gasteiger charge is 2.07. The number of nitrogens with one attached hydrogen (secondary N) is 1. The van der Waals surface area contributed by atoms with Crippen molar-refractivity contribution in [2.75, 3.05) is 0 Å². The van der Waals surface area contributed by atoms with Crippen molar-refractivity contribution in [3.05, 3.63) is 82.0 Å². The number of thiophene rings is 1. The van der Waals surface area contributed by atoms with Crippen LogP contribution in [0.15, 0.2) is 70.8 Å². The molecule has 4 aromatic rings. The number of fused-ring (bicyclic) bond motifs is 1. The van der Waals surface area contributed by atoms with Gasteiger partial charge < -0.3 is 9.72 Å². The summed E-state index contributed by atoms with van der Waals surface area (Å²) in [7, 11) is 0. The zero-order valence-corrected chi connectivity index (χ0v) is 13.5. The van der Waals surface area contributed by atoms with Crippen LogP contribution in [0.1, 0.15) is 5.56 Å². The van der Waals surface area contributed by atoms with E-state index in [2.05, 4.69) is 9.97 Å². The Morgan fingerprint density at radius 2 is 1.79 bits per heavy atom. The molecule has 0 saturated carbocycles. The highest BCUT2D eigenvalue weighted by atomic mass is 32.1. The molecule has 5 heteroatoms. The fourth-order valence-electron chi connectivity index (χ4n) is 2.46. The van der Waals surface area contributed by atoms with Gasteiger partial charge in [-0.2, -0.15) is 0 Å². The van der Waals surface area contributed by atoms with Gasteiger partial charge in [-0.1, -0.05) is 30.3 Å². The van der Waals surface area contributed by atoms with Gasteiger partial charge >= 0.3 is 0 Å². The third-order valence-electron chi connectivity index (χ3n) is 3.69. The summed E-state index contributed by atoms with van der Waals surface area (Å²) in [5.74, 6) is 1.35. The summed E-state index contributed by atoms with van der Waals surface area (Å²) < 4.78 is 6.43. The van der Waals surface area contributed by atoms with E-state index in [1.807, 2.05) is 66.0 Å². The van der Waals surface area contributed by atoms with E-state index in [0.29, 0.717) is 17.1 Å². The van der Waals surface area contributed by atoms with Crippen molar-refractivity contribution in [1.29, 1.82) is 0 Å². The van der Waals surface area contributed by atoms with Crippen molar-refractivity contribution in [1.82, 2.24) is 9.97 Å². The van der Waals surface area contributed by atoms with Crippen molar-refractivity contribution < 1.29 is 4.74 Å². The van der Waals surface area contributed by atoms with Crippen LogP contribution in [0.2, 0.25) is 0 Å². The molecule has 0 fully saturated rings. The lowest BCUT2D eigenvalue weighted by molar-refractivity contribution is 0.306. The lowest BCUT2D eigenvalue weighted by Gasteiger charge is -2.07. The summed E-state index contributed by atoms with van der Waals surface area (Å²) in [5, 5.41) is 1.87. The second kappa shape index (κ2) is 6.29. The largest absolute Gasteiger partial charge is 0.489 e. The van der Waals surface area contributed by atoms with E-state index < -0.39 is 0 Å². The molecule has 2 heterocycles. The number of hydrogen-bond donors (Lipinski definition) is 1. The smallest absolute Gasteiger partial charge is 0.269 e. The number of rotatable bonds is 4. The normalized spacial score (nSPS) is 10.8. The molecule has 0 aliphatic heterocycles. The summed E-state index contributed by atoms with van der Waals surface area (Å²) in [4.78, 5) is 19.4. The summed E-state index contributed by atoms with van der Waals surface area (Å²) in [5.41, 5.74) is 2.60. The maximum absolute atomic E-state index is 12.1. The van der Waals surface area contributed by atoms with Crippen molar-refractivity contribution in [3.8, 4) is 17.1 Å². The van der Waals surface area contributed by atoms with Crippen LogP contribution in [0.25, 0.3) is 21.6 Å². The molecular formula is C19H14N2O2S. The predicted molar refractivity (Wildman–Crippen MR) is 96.5 cm³/mol. The first-order chi connectivity index (χ1) is 11.8. The number of H-pyrrole nitrogens is 1. The molecule has 118 valence electrons. The topological polar surface area (TPSA) is 55.0 Å². The van der Waals surface area contributed by atoms with Gasteiger partial charge in [0.2, 0.25) is 0 Å². The molecule has 0 aliphatic carbocycles. The zero-order chi connectivity index (χ0) is 16.4. The number of aromatic nitrogens is 2. The molecule has 0 atom stereocenters. The van der Waals surface area contributed by atoms with Crippen LogP contribution in [0.4, 0.5) is 0 Å². The van der Waals surface area contributed by atoms with Gasteiger partial charge in [-0.3, -0.25) is 4.79 Å². The van der Waals surface area contributed by atoms with Crippen LogP contribution in [0.5, 0.6) is 5.75 Å². The summed E-state index contributed by atoms with van der Waals surface area (Å²) >= 11 is 1.40. The number of ether oxygens (including phenoxy) is 1. The average molecular weight is 334 g/mol. The van der Waals surface area contributed by atoms with Gasteiger partial charge in [0.15, 0.2) is 0 Å². The third-order valence-corrected chi connectivity index (χ3v) is 4.59. The second-order valence-corrected chi connectivity index (χ2v) is 6.26. The zero-order valence-electron chi connectivity index (χ0n) is 12.7. The Labute approximate surface area is 142 Å². The molecular weight excluding hydrogens is 320 g/mol. The first-order valence-corrected chi connectivity index (χ1v) is 8.42. The molecule has 2 aromatic heterocycles. The van der Waals surface area contributed by atoms with E-state index in [0.717, 1.165) is 22.4 Å². The maximum Gasteiger partial charge on any atom is 0.269 e. The Bertz CT molecular complexity index is 1020. The SMILES string of the molecule is O=c1[nH]c(-c2ccc(OCc3ccccc3)cc2)nc2ccsc12. The Morgan fingerprint density at radius 3 is 2.58 bits per heavy atom. The molecule has 2 aromatic carbocycles. The first kappa shape index (κ1) is 14.7. The lowest BCUT2D eigenvalue weighted by Crippen LogP contribution is -2.07. The van der Waals surface area contributed by atoms with E-state index in [4.69, 9.17) is 4.74 Å². The Balaban J connectivity index is 1.55. The minimum Gasteiger partial charge on any atom is -0.489 e. The van der Waals surface area contributed by atoms with E-state index >= 15 is 0 Å². The fraction of sp³-hybridized carbons (Fsp3) is 0.0526. The average Bonchev–Trinajstić information content (AvgIpc) is 3.10. The summed E-state index contributed by atoms with van der Waals surface area (Å²) in [6.45, 7) is 0.524. The molecule has 0 saturated heterocycles. The van der Waals surface area contributed by atoms with Crippen molar-refractivity contribution in [2.24, 2.45) is 0 Å². The molecule has 24 heavy (non-hydrogen) atoms. The quantitative estimate of drug-likeness (QED) is 0.607. The van der Waals surface area contributed by atoms with Gasteiger partial charge in [0.25, 0.3) is 5.56 Å². The Morgan fingerprint density at radius 1 is 1.00 bits per heavy atom. The second-order valence-electron chi connectivity index (χ2n) is 5.35. The monoisotopic (exact) mass is 334 g/mol. The Kier molecular flexibility index (Phi) is 3.84. The molecule has 0 bridgehead atoms. The predicted octanol–water partition coefficient (Wildman–Crippen LogP) is 4.23. The van der Waals surface area contributed by atoms with Gasteiger partial charge in [-0.15, -0.1) is 11.3 Å². The van der Waals surface area contributed by atoms with E-state index in [9.17, 15) is 4.79 Å². The van der Waals surface area contributed by atoms with Crippen molar-refractivity contribution >= 4 is 21.6 Å². The third kappa shape index (κ3) is 2.94. The minimum absolute atomic E-state index is 0.102. The van der Waals surface area contributed by atoms with Crippen LogP contribution >= 0.6 is 11.3 Å². The van der Waals surface area contributed by atoms with Crippen LogP contribution in [0.3, 0.4) is 0 Å². The van der Waals surface area contributed by atoms with Gasteiger partial charge in [0.05, 0.1) is 5.52 Å². The lowest BCUT2D eigenvalue weighted by atomic mass is 10.2. The standard InChI is InChI=1S/C19H14N2O2S/c22-19-17-16(10-11-24-17)20-18(21-19)14-6-8-15(9-7-14)23-12-13-4-2-1-3-5-13/h1-11H,12H2,(H,20,21,22). The molecule has 4 nitrogen and oxygen atoms in total. The molecule has 0 aliphatic rings. The van der Waals surface area contributed by atoms with Crippen LogP contribution in [-0.4, -0.2) is 9.97 Å². The highest BCUT2D eigenvalue weighted by molar-refractivity contribution is 7.17. The van der Waals surface area contributed by atoms with Crippen LogP contribution in [0, 0.1) is 0 Å². The molecule has 0 unspecified atom stereocenters. The van der Waals surface area contributed by atoms with Crippen LogP contribution in [-0.2, 0) is 6.61 Å². The first-order valence-electron chi connectivity index (χ1n) is 7.54. The number of nitrogens with zero attached hydrogens (tertiary/aromatic N) is 1. The van der Waals surface area contributed by atoms with E-state index in [1.165, 1.54) is 11.3 Å².